The molecule has 1 saturated carbocycles. The molecule has 0 aromatic heterocycles. The van der Waals surface area contributed by atoms with Crippen LogP contribution >= 0.6 is 23.4 Å². The average molecular weight is 421 g/mol. The van der Waals surface area contributed by atoms with Crippen LogP contribution in [-0.4, -0.2) is 17.9 Å². The van der Waals surface area contributed by atoms with Gasteiger partial charge in [-0.15, -0.1) is 0 Å². The number of anilines is 2. The molecule has 0 saturated heterocycles. The second-order valence-electron chi connectivity index (χ2n) is 7.15. The van der Waals surface area contributed by atoms with Crippen LogP contribution in [0, 0.1) is 0 Å². The summed E-state index contributed by atoms with van der Waals surface area (Å²) in [5, 5.41) is 3.53. The summed E-state index contributed by atoms with van der Waals surface area (Å²) < 4.78 is 0. The van der Waals surface area contributed by atoms with Crippen LogP contribution in [0.3, 0.4) is 0 Å². The highest BCUT2D eigenvalue weighted by Gasteiger charge is 2.38. The Kier molecular flexibility index (Phi) is 4.57. The predicted molar refractivity (Wildman–Crippen MR) is 116 cm³/mol. The van der Waals surface area contributed by atoms with E-state index in [9.17, 15) is 9.59 Å². The fourth-order valence-electron chi connectivity index (χ4n) is 3.46. The van der Waals surface area contributed by atoms with Crippen LogP contribution in [0.5, 0.6) is 0 Å². The van der Waals surface area contributed by atoms with Gasteiger partial charge in [-0.25, -0.2) is 0 Å². The van der Waals surface area contributed by atoms with Crippen molar-refractivity contribution in [2.24, 2.45) is 0 Å². The molecule has 1 fully saturated rings. The van der Waals surface area contributed by atoms with Crippen LogP contribution in [0.15, 0.2) is 76.5 Å². The topological polar surface area (TPSA) is 49.4 Å². The SMILES string of the molecule is O=C(Nc1ccc2c(c1)Sc1ccccc1C(=O)N2C1CC1)c1ccc(Cl)cc1. The molecule has 1 N–H and O–H groups in total. The van der Waals surface area contributed by atoms with Crippen molar-refractivity contribution in [1.82, 2.24) is 0 Å². The van der Waals surface area contributed by atoms with Gasteiger partial charge in [-0.3, -0.25) is 9.59 Å². The maximum absolute atomic E-state index is 13.2. The average Bonchev–Trinajstić information content (AvgIpc) is 3.55. The number of rotatable bonds is 3. The lowest BCUT2D eigenvalue weighted by Crippen LogP contribution is -2.32. The number of hydrogen-bond donors (Lipinski definition) is 1. The van der Waals surface area contributed by atoms with Gasteiger partial charge in [0, 0.05) is 32.1 Å². The Labute approximate surface area is 177 Å². The summed E-state index contributed by atoms with van der Waals surface area (Å²) in [6, 6.07) is 20.5. The zero-order chi connectivity index (χ0) is 20.0. The van der Waals surface area contributed by atoms with E-state index in [1.54, 1.807) is 36.0 Å². The van der Waals surface area contributed by atoms with E-state index < -0.39 is 0 Å². The van der Waals surface area contributed by atoms with Gasteiger partial charge >= 0.3 is 0 Å². The quantitative estimate of drug-likeness (QED) is 0.576. The van der Waals surface area contributed by atoms with Crippen molar-refractivity contribution in [2.45, 2.75) is 28.7 Å². The number of fused-ring (bicyclic) bond motifs is 2. The van der Waals surface area contributed by atoms with Crippen molar-refractivity contribution in [3.8, 4) is 0 Å². The third kappa shape index (κ3) is 3.52. The Morgan fingerprint density at radius 1 is 1.00 bits per heavy atom. The minimum atomic E-state index is -0.198. The molecular formula is C23H17ClN2O2S. The molecule has 3 aromatic rings. The Morgan fingerprint density at radius 3 is 2.52 bits per heavy atom. The number of carbonyl (C=O) groups excluding carboxylic acids is 2. The van der Waals surface area contributed by atoms with Crippen molar-refractivity contribution >= 4 is 46.6 Å². The van der Waals surface area contributed by atoms with E-state index in [1.165, 1.54) is 0 Å². The first kappa shape index (κ1) is 18.3. The summed E-state index contributed by atoms with van der Waals surface area (Å²) in [4.78, 5) is 29.6. The maximum Gasteiger partial charge on any atom is 0.259 e. The van der Waals surface area contributed by atoms with Gasteiger partial charge in [0.25, 0.3) is 11.8 Å². The number of nitrogens with one attached hydrogen (secondary N) is 1. The number of hydrogen-bond acceptors (Lipinski definition) is 3. The van der Waals surface area contributed by atoms with Gasteiger partial charge in [0.15, 0.2) is 0 Å². The lowest BCUT2D eigenvalue weighted by atomic mass is 10.1. The molecular weight excluding hydrogens is 404 g/mol. The molecule has 1 aliphatic heterocycles. The van der Waals surface area contributed by atoms with Crippen LogP contribution in [0.25, 0.3) is 0 Å². The molecule has 144 valence electrons. The van der Waals surface area contributed by atoms with Crippen LogP contribution < -0.4 is 10.2 Å². The normalized spacial score (nSPS) is 15.3. The first-order chi connectivity index (χ1) is 14.1. The van der Waals surface area contributed by atoms with Crippen molar-refractivity contribution in [3.63, 3.8) is 0 Å². The predicted octanol–water partition coefficient (Wildman–Crippen LogP) is 5.87. The summed E-state index contributed by atoms with van der Waals surface area (Å²) in [5.41, 5.74) is 2.87. The number of halogens is 1. The highest BCUT2D eigenvalue weighted by atomic mass is 35.5. The minimum Gasteiger partial charge on any atom is -0.322 e. The fourth-order valence-corrected chi connectivity index (χ4v) is 4.69. The molecule has 0 spiro atoms. The summed E-state index contributed by atoms with van der Waals surface area (Å²) in [6.45, 7) is 0. The highest BCUT2D eigenvalue weighted by Crippen LogP contribution is 2.46. The van der Waals surface area contributed by atoms with Gasteiger partial charge in [0.05, 0.1) is 11.3 Å². The van der Waals surface area contributed by atoms with Gasteiger partial charge in [-0.05, 0) is 67.4 Å². The summed E-state index contributed by atoms with van der Waals surface area (Å²) in [7, 11) is 0. The zero-order valence-corrected chi connectivity index (χ0v) is 17.0. The lowest BCUT2D eigenvalue weighted by molar-refractivity contribution is 0.0981. The van der Waals surface area contributed by atoms with Gasteiger partial charge < -0.3 is 10.2 Å². The van der Waals surface area contributed by atoms with Crippen molar-refractivity contribution in [2.75, 3.05) is 10.2 Å². The number of amides is 2. The van der Waals surface area contributed by atoms with Crippen LogP contribution in [0.4, 0.5) is 11.4 Å². The van der Waals surface area contributed by atoms with E-state index in [0.29, 0.717) is 16.3 Å². The minimum absolute atomic E-state index is 0.0484. The Morgan fingerprint density at radius 2 is 1.76 bits per heavy atom. The molecule has 1 aliphatic carbocycles. The van der Waals surface area contributed by atoms with E-state index in [4.69, 9.17) is 11.6 Å². The molecule has 0 radical (unpaired) electrons. The molecule has 0 atom stereocenters. The molecule has 1 heterocycles. The fraction of sp³-hybridized carbons (Fsp3) is 0.130. The van der Waals surface area contributed by atoms with Gasteiger partial charge in [0.1, 0.15) is 0 Å². The molecule has 2 amide bonds. The molecule has 29 heavy (non-hydrogen) atoms. The molecule has 2 aliphatic rings. The maximum atomic E-state index is 13.2. The van der Waals surface area contributed by atoms with Crippen molar-refractivity contribution in [1.29, 1.82) is 0 Å². The molecule has 4 nitrogen and oxygen atoms in total. The molecule has 6 heteroatoms. The van der Waals surface area contributed by atoms with Crippen LogP contribution in [-0.2, 0) is 0 Å². The van der Waals surface area contributed by atoms with Crippen LogP contribution in [0.1, 0.15) is 33.6 Å². The Bertz CT molecular complexity index is 1130. The third-order valence-corrected chi connectivity index (χ3v) is 6.43. The second kappa shape index (κ2) is 7.25. The van der Waals surface area contributed by atoms with E-state index in [-0.39, 0.29) is 17.9 Å². The summed E-state index contributed by atoms with van der Waals surface area (Å²) >= 11 is 7.47. The smallest absolute Gasteiger partial charge is 0.259 e. The van der Waals surface area contributed by atoms with E-state index in [0.717, 1.165) is 33.9 Å². The molecule has 5 rings (SSSR count). The second-order valence-corrected chi connectivity index (χ2v) is 8.67. The van der Waals surface area contributed by atoms with Gasteiger partial charge in [-0.2, -0.15) is 0 Å². The van der Waals surface area contributed by atoms with Gasteiger partial charge in [-0.1, -0.05) is 35.5 Å². The van der Waals surface area contributed by atoms with Crippen molar-refractivity contribution in [3.05, 3.63) is 82.9 Å². The number of benzene rings is 3. The molecule has 3 aromatic carbocycles. The monoisotopic (exact) mass is 420 g/mol. The first-order valence-electron chi connectivity index (χ1n) is 9.41. The lowest BCUT2D eigenvalue weighted by Gasteiger charge is -2.23. The van der Waals surface area contributed by atoms with Gasteiger partial charge in [0.2, 0.25) is 0 Å². The largest absolute Gasteiger partial charge is 0.322 e. The highest BCUT2D eigenvalue weighted by molar-refractivity contribution is 7.99. The molecule has 0 bridgehead atoms. The van der Waals surface area contributed by atoms with Crippen molar-refractivity contribution < 1.29 is 9.59 Å². The number of carbonyl (C=O) groups is 2. The van der Waals surface area contributed by atoms with E-state index in [2.05, 4.69) is 5.32 Å². The summed E-state index contributed by atoms with van der Waals surface area (Å²) in [5.74, 6) is -0.150. The first-order valence-corrected chi connectivity index (χ1v) is 10.6. The Balaban J connectivity index is 1.50. The Hall–Kier alpha value is -2.76. The zero-order valence-electron chi connectivity index (χ0n) is 15.4. The summed E-state index contributed by atoms with van der Waals surface area (Å²) in [6.07, 6.45) is 2.04. The van der Waals surface area contributed by atoms with Crippen LogP contribution in [0.2, 0.25) is 5.02 Å². The van der Waals surface area contributed by atoms with E-state index in [1.807, 2.05) is 47.4 Å². The number of nitrogens with zero attached hydrogens (tertiary/aromatic N) is 1. The van der Waals surface area contributed by atoms with E-state index >= 15 is 0 Å². The standard InChI is InChI=1S/C23H17ClN2O2S/c24-15-7-5-14(6-8-15)22(27)25-16-9-12-19-21(13-16)29-20-4-2-1-3-18(20)23(28)26(19)17-10-11-17/h1-9,12-13,17H,10-11H2,(H,25,27). The third-order valence-electron chi connectivity index (χ3n) is 5.05. The molecule has 0 unspecified atom stereocenters.